The fourth-order valence-electron chi connectivity index (χ4n) is 2.79. The normalized spacial score (nSPS) is 23.8. The molecule has 18 heavy (non-hydrogen) atoms. The van der Waals surface area contributed by atoms with Gasteiger partial charge in [-0.3, -0.25) is 4.57 Å². The Bertz CT molecular complexity index is 589. The average molecular weight is 268 g/mol. The zero-order valence-corrected chi connectivity index (χ0v) is 11.2. The van der Waals surface area contributed by atoms with Crippen LogP contribution in [-0.2, 0) is 0 Å². The summed E-state index contributed by atoms with van der Waals surface area (Å²) in [6.07, 6.45) is 1.02. The number of H-pyrrole nitrogens is 1. The predicted octanol–water partition coefficient (Wildman–Crippen LogP) is 1.92. The van der Waals surface area contributed by atoms with Crippen LogP contribution < -0.4 is 11.0 Å². The third kappa shape index (κ3) is 2.06. The SMILES string of the molecule is CC1CNCCC1n1c(=O)[nH]c2ccccc21.Cl. The molecule has 1 aromatic heterocycles. The number of hydrogen-bond acceptors (Lipinski definition) is 2. The zero-order valence-electron chi connectivity index (χ0n) is 10.3. The highest BCUT2D eigenvalue weighted by atomic mass is 35.5. The smallest absolute Gasteiger partial charge is 0.316 e. The van der Waals surface area contributed by atoms with Crippen LogP contribution in [0, 0.1) is 5.92 Å². The van der Waals surface area contributed by atoms with Gasteiger partial charge in [0.25, 0.3) is 0 Å². The number of rotatable bonds is 1. The molecular weight excluding hydrogens is 250 g/mol. The van der Waals surface area contributed by atoms with Crippen molar-refractivity contribution in [3.63, 3.8) is 0 Å². The van der Waals surface area contributed by atoms with Crippen molar-refractivity contribution in [1.82, 2.24) is 14.9 Å². The van der Waals surface area contributed by atoms with Crippen LogP contribution >= 0.6 is 12.4 Å². The first-order chi connectivity index (χ1) is 8.27. The summed E-state index contributed by atoms with van der Waals surface area (Å²) in [7, 11) is 0. The average Bonchev–Trinajstić information content (AvgIpc) is 2.66. The van der Waals surface area contributed by atoms with Gasteiger partial charge >= 0.3 is 5.69 Å². The van der Waals surface area contributed by atoms with Gasteiger partial charge in [0, 0.05) is 6.04 Å². The lowest BCUT2D eigenvalue weighted by molar-refractivity contribution is 0.274. The number of nitrogens with one attached hydrogen (secondary N) is 2. The molecule has 98 valence electrons. The number of aromatic nitrogens is 2. The summed E-state index contributed by atoms with van der Waals surface area (Å²) in [6.45, 7) is 4.17. The lowest BCUT2D eigenvalue weighted by Gasteiger charge is -2.30. The first-order valence-electron chi connectivity index (χ1n) is 6.17. The van der Waals surface area contributed by atoms with E-state index in [1.807, 2.05) is 28.8 Å². The van der Waals surface area contributed by atoms with Crippen LogP contribution in [0.15, 0.2) is 29.1 Å². The molecule has 4 nitrogen and oxygen atoms in total. The maximum atomic E-state index is 12.1. The summed E-state index contributed by atoms with van der Waals surface area (Å²) >= 11 is 0. The number of benzene rings is 1. The third-order valence-electron chi connectivity index (χ3n) is 3.70. The molecule has 0 bridgehead atoms. The summed E-state index contributed by atoms with van der Waals surface area (Å²) in [5, 5.41) is 3.37. The minimum Gasteiger partial charge on any atom is -0.316 e. The number of piperidine rings is 1. The van der Waals surface area contributed by atoms with Gasteiger partial charge in [-0.2, -0.15) is 0 Å². The number of imidazole rings is 1. The van der Waals surface area contributed by atoms with E-state index in [4.69, 9.17) is 0 Å². The van der Waals surface area contributed by atoms with Gasteiger partial charge in [-0.25, -0.2) is 4.79 Å². The largest absolute Gasteiger partial charge is 0.326 e. The van der Waals surface area contributed by atoms with Gasteiger partial charge in [0.2, 0.25) is 0 Å². The maximum absolute atomic E-state index is 12.1. The molecule has 2 N–H and O–H groups in total. The first-order valence-corrected chi connectivity index (χ1v) is 6.17. The first kappa shape index (κ1) is 13.2. The molecule has 1 fully saturated rings. The van der Waals surface area contributed by atoms with E-state index in [9.17, 15) is 4.79 Å². The van der Waals surface area contributed by atoms with E-state index in [0.29, 0.717) is 12.0 Å². The molecular formula is C13H18ClN3O. The molecule has 1 saturated heterocycles. The number of halogens is 1. The van der Waals surface area contributed by atoms with Crippen molar-refractivity contribution < 1.29 is 0 Å². The molecule has 0 spiro atoms. The molecule has 2 atom stereocenters. The summed E-state index contributed by atoms with van der Waals surface area (Å²) in [5.74, 6) is 0.487. The van der Waals surface area contributed by atoms with Crippen molar-refractivity contribution >= 4 is 23.4 Å². The highest BCUT2D eigenvalue weighted by molar-refractivity contribution is 5.85. The predicted molar refractivity (Wildman–Crippen MR) is 75.5 cm³/mol. The highest BCUT2D eigenvalue weighted by Crippen LogP contribution is 2.26. The number of aromatic amines is 1. The van der Waals surface area contributed by atoms with Crippen molar-refractivity contribution in [3.8, 4) is 0 Å². The molecule has 0 aliphatic carbocycles. The van der Waals surface area contributed by atoms with Crippen LogP contribution in [0.3, 0.4) is 0 Å². The van der Waals surface area contributed by atoms with Gasteiger partial charge in [0.15, 0.2) is 0 Å². The van der Waals surface area contributed by atoms with Gasteiger partial charge in [-0.1, -0.05) is 19.1 Å². The molecule has 0 amide bonds. The molecule has 5 heteroatoms. The minimum absolute atomic E-state index is 0. The van der Waals surface area contributed by atoms with Crippen molar-refractivity contribution in [3.05, 3.63) is 34.7 Å². The van der Waals surface area contributed by atoms with E-state index in [0.717, 1.165) is 30.5 Å². The molecule has 1 aromatic carbocycles. The van der Waals surface area contributed by atoms with E-state index in [1.165, 1.54) is 0 Å². The second kappa shape index (κ2) is 5.16. The van der Waals surface area contributed by atoms with Crippen LogP contribution in [-0.4, -0.2) is 22.6 Å². The molecule has 3 rings (SSSR count). The Morgan fingerprint density at radius 2 is 2.11 bits per heavy atom. The van der Waals surface area contributed by atoms with E-state index < -0.39 is 0 Å². The molecule has 2 heterocycles. The molecule has 2 aromatic rings. The van der Waals surface area contributed by atoms with E-state index in [-0.39, 0.29) is 18.1 Å². The molecule has 1 aliphatic heterocycles. The second-order valence-corrected chi connectivity index (χ2v) is 4.85. The Morgan fingerprint density at radius 3 is 2.89 bits per heavy atom. The number of nitrogens with zero attached hydrogens (tertiary/aromatic N) is 1. The van der Waals surface area contributed by atoms with Gasteiger partial charge in [0.1, 0.15) is 0 Å². The fourth-order valence-corrected chi connectivity index (χ4v) is 2.79. The summed E-state index contributed by atoms with van der Waals surface area (Å²) in [4.78, 5) is 15.0. The highest BCUT2D eigenvalue weighted by Gasteiger charge is 2.25. The topological polar surface area (TPSA) is 49.8 Å². The summed E-state index contributed by atoms with van der Waals surface area (Å²) in [5.41, 5.74) is 1.98. The Kier molecular flexibility index (Phi) is 3.78. The lowest BCUT2D eigenvalue weighted by Crippen LogP contribution is -2.39. The monoisotopic (exact) mass is 267 g/mol. The minimum atomic E-state index is 0. The molecule has 1 aliphatic rings. The van der Waals surface area contributed by atoms with E-state index >= 15 is 0 Å². The second-order valence-electron chi connectivity index (χ2n) is 4.85. The van der Waals surface area contributed by atoms with Crippen LogP contribution in [0.5, 0.6) is 0 Å². The van der Waals surface area contributed by atoms with Gasteiger partial charge in [-0.05, 0) is 37.6 Å². The Balaban J connectivity index is 0.00000120. The maximum Gasteiger partial charge on any atom is 0.326 e. The van der Waals surface area contributed by atoms with Crippen molar-refractivity contribution in [2.24, 2.45) is 5.92 Å². The zero-order chi connectivity index (χ0) is 11.8. The van der Waals surface area contributed by atoms with Crippen molar-refractivity contribution in [2.75, 3.05) is 13.1 Å². The van der Waals surface area contributed by atoms with Crippen LogP contribution in [0.1, 0.15) is 19.4 Å². The standard InChI is InChI=1S/C13H17N3O.ClH/c1-9-8-14-7-6-11(9)16-12-5-3-2-4-10(12)15-13(16)17;/h2-5,9,11,14H,6-8H2,1H3,(H,15,17);1H. The summed E-state index contributed by atoms with van der Waals surface area (Å²) < 4.78 is 1.93. The number of para-hydroxylation sites is 2. The summed E-state index contributed by atoms with van der Waals surface area (Å²) in [6, 6.07) is 8.22. The van der Waals surface area contributed by atoms with Crippen LogP contribution in [0.2, 0.25) is 0 Å². The van der Waals surface area contributed by atoms with E-state index in [1.54, 1.807) is 0 Å². The van der Waals surface area contributed by atoms with Crippen molar-refractivity contribution in [1.29, 1.82) is 0 Å². The third-order valence-corrected chi connectivity index (χ3v) is 3.70. The number of hydrogen-bond donors (Lipinski definition) is 2. The Labute approximate surface area is 112 Å². The Morgan fingerprint density at radius 1 is 1.33 bits per heavy atom. The quantitative estimate of drug-likeness (QED) is 0.829. The van der Waals surface area contributed by atoms with Gasteiger partial charge < -0.3 is 10.3 Å². The molecule has 2 unspecified atom stereocenters. The van der Waals surface area contributed by atoms with Crippen LogP contribution in [0.4, 0.5) is 0 Å². The molecule has 0 radical (unpaired) electrons. The number of fused-ring (bicyclic) bond motifs is 1. The van der Waals surface area contributed by atoms with Crippen LogP contribution in [0.25, 0.3) is 11.0 Å². The molecule has 0 saturated carbocycles. The van der Waals surface area contributed by atoms with Crippen molar-refractivity contribution in [2.45, 2.75) is 19.4 Å². The fraction of sp³-hybridized carbons (Fsp3) is 0.462. The van der Waals surface area contributed by atoms with Gasteiger partial charge in [-0.15, -0.1) is 12.4 Å². The van der Waals surface area contributed by atoms with Gasteiger partial charge in [0.05, 0.1) is 11.0 Å². The Hall–Kier alpha value is -1.26. The van der Waals surface area contributed by atoms with E-state index in [2.05, 4.69) is 17.2 Å². The lowest BCUT2D eigenvalue weighted by atomic mass is 9.95.